The number of amides is 1. The molecule has 1 amide bonds. The molecule has 1 aliphatic rings. The summed E-state index contributed by atoms with van der Waals surface area (Å²) in [7, 11) is 0. The van der Waals surface area contributed by atoms with E-state index in [-0.39, 0.29) is 17.8 Å². The van der Waals surface area contributed by atoms with E-state index in [9.17, 15) is 9.18 Å². The number of fused-ring (bicyclic) bond motifs is 2. The SMILES string of the molecule is CC1CCc2cc(F)ccc2N1C(=O)c1ccc2nccnc2c1. The zero-order valence-electron chi connectivity index (χ0n) is 13.2. The van der Waals surface area contributed by atoms with Crippen molar-refractivity contribution in [3.63, 3.8) is 0 Å². The predicted octanol–water partition coefficient (Wildman–Crippen LogP) is 3.75. The average Bonchev–Trinajstić information content (AvgIpc) is 2.61. The fourth-order valence-corrected chi connectivity index (χ4v) is 3.27. The van der Waals surface area contributed by atoms with Gasteiger partial charge >= 0.3 is 0 Å². The molecule has 0 spiro atoms. The number of aryl methyl sites for hydroxylation is 1. The lowest BCUT2D eigenvalue weighted by atomic mass is 9.95. The number of halogens is 1. The number of carbonyl (C=O) groups excluding carboxylic acids is 1. The van der Waals surface area contributed by atoms with Crippen molar-refractivity contribution < 1.29 is 9.18 Å². The van der Waals surface area contributed by atoms with Crippen molar-refractivity contribution in [3.05, 3.63) is 65.7 Å². The maximum atomic E-state index is 13.5. The van der Waals surface area contributed by atoms with Crippen LogP contribution in [0, 0.1) is 5.82 Å². The molecule has 1 aromatic heterocycles. The fourth-order valence-electron chi connectivity index (χ4n) is 3.27. The first kappa shape index (κ1) is 14.8. The van der Waals surface area contributed by atoms with Gasteiger partial charge in [0, 0.05) is 29.7 Å². The second kappa shape index (κ2) is 5.67. The quantitative estimate of drug-likeness (QED) is 0.686. The van der Waals surface area contributed by atoms with Crippen LogP contribution in [0.3, 0.4) is 0 Å². The van der Waals surface area contributed by atoms with Crippen molar-refractivity contribution >= 4 is 22.6 Å². The summed E-state index contributed by atoms with van der Waals surface area (Å²) in [5, 5.41) is 0. The van der Waals surface area contributed by atoms with E-state index in [0.29, 0.717) is 11.1 Å². The second-order valence-corrected chi connectivity index (χ2v) is 6.10. The fraction of sp³-hybridized carbons (Fsp3) is 0.211. The summed E-state index contributed by atoms with van der Waals surface area (Å²) in [5.41, 5.74) is 3.67. The number of benzene rings is 2. The van der Waals surface area contributed by atoms with Gasteiger partial charge in [-0.05, 0) is 61.7 Å². The molecule has 0 saturated heterocycles. The van der Waals surface area contributed by atoms with Gasteiger partial charge in [-0.1, -0.05) is 0 Å². The first-order chi connectivity index (χ1) is 11.6. The Bertz CT molecular complexity index is 941. The minimum Gasteiger partial charge on any atom is -0.305 e. The second-order valence-electron chi connectivity index (χ2n) is 6.10. The van der Waals surface area contributed by atoms with Crippen LogP contribution >= 0.6 is 0 Å². The minimum atomic E-state index is -0.267. The van der Waals surface area contributed by atoms with E-state index in [1.165, 1.54) is 12.1 Å². The third kappa shape index (κ3) is 2.42. The molecule has 4 nitrogen and oxygen atoms in total. The Kier molecular flexibility index (Phi) is 3.49. The summed E-state index contributed by atoms with van der Waals surface area (Å²) < 4.78 is 13.5. The van der Waals surface area contributed by atoms with Crippen LogP contribution in [0.1, 0.15) is 29.3 Å². The standard InChI is InChI=1S/C19H16FN3O/c1-12-2-3-13-10-15(20)5-7-18(13)23(12)19(24)14-4-6-16-17(11-14)22-9-8-21-16/h4-12H,2-3H2,1H3. The monoisotopic (exact) mass is 321 g/mol. The van der Waals surface area contributed by atoms with Gasteiger partial charge in [0.1, 0.15) is 5.82 Å². The summed E-state index contributed by atoms with van der Waals surface area (Å²) >= 11 is 0. The van der Waals surface area contributed by atoms with Gasteiger partial charge in [0.15, 0.2) is 0 Å². The van der Waals surface area contributed by atoms with Crippen molar-refractivity contribution in [1.29, 1.82) is 0 Å². The highest BCUT2D eigenvalue weighted by atomic mass is 19.1. The molecule has 2 aromatic carbocycles. The van der Waals surface area contributed by atoms with Crippen LogP contribution in [-0.2, 0) is 6.42 Å². The van der Waals surface area contributed by atoms with E-state index in [4.69, 9.17) is 0 Å². The van der Waals surface area contributed by atoms with Crippen LogP contribution < -0.4 is 4.90 Å². The highest BCUT2D eigenvalue weighted by Crippen LogP contribution is 2.32. The Balaban J connectivity index is 1.78. The van der Waals surface area contributed by atoms with Gasteiger partial charge in [-0.3, -0.25) is 14.8 Å². The molecular formula is C19H16FN3O. The van der Waals surface area contributed by atoms with Crippen LogP contribution in [0.5, 0.6) is 0 Å². The van der Waals surface area contributed by atoms with Gasteiger partial charge in [-0.25, -0.2) is 4.39 Å². The van der Waals surface area contributed by atoms with Gasteiger partial charge < -0.3 is 4.90 Å². The Morgan fingerprint density at radius 2 is 1.92 bits per heavy atom. The van der Waals surface area contributed by atoms with E-state index in [0.717, 1.165) is 29.6 Å². The van der Waals surface area contributed by atoms with E-state index >= 15 is 0 Å². The van der Waals surface area contributed by atoms with Crippen LogP contribution in [-0.4, -0.2) is 21.9 Å². The Hall–Kier alpha value is -2.82. The first-order valence-corrected chi connectivity index (χ1v) is 7.96. The van der Waals surface area contributed by atoms with Crippen LogP contribution in [0.15, 0.2) is 48.8 Å². The number of hydrogen-bond acceptors (Lipinski definition) is 3. The smallest absolute Gasteiger partial charge is 0.258 e. The molecule has 1 aliphatic heterocycles. The third-order valence-electron chi connectivity index (χ3n) is 4.51. The van der Waals surface area contributed by atoms with Crippen LogP contribution in [0.2, 0.25) is 0 Å². The molecule has 4 rings (SSSR count). The molecule has 5 heteroatoms. The highest BCUT2D eigenvalue weighted by Gasteiger charge is 2.29. The first-order valence-electron chi connectivity index (χ1n) is 7.96. The van der Waals surface area contributed by atoms with Crippen LogP contribution in [0.4, 0.5) is 10.1 Å². The average molecular weight is 321 g/mol. The molecule has 3 aromatic rings. The topological polar surface area (TPSA) is 46.1 Å². The molecule has 0 radical (unpaired) electrons. The van der Waals surface area contributed by atoms with Gasteiger partial charge in [-0.15, -0.1) is 0 Å². The number of carbonyl (C=O) groups is 1. The molecule has 0 fully saturated rings. The molecular weight excluding hydrogens is 305 g/mol. The number of hydrogen-bond donors (Lipinski definition) is 0. The lowest BCUT2D eigenvalue weighted by Gasteiger charge is -2.35. The van der Waals surface area contributed by atoms with Crippen molar-refractivity contribution in [2.45, 2.75) is 25.8 Å². The minimum absolute atomic E-state index is 0.0630. The molecule has 24 heavy (non-hydrogen) atoms. The molecule has 1 atom stereocenters. The number of aromatic nitrogens is 2. The molecule has 120 valence electrons. The van der Waals surface area contributed by atoms with E-state index in [2.05, 4.69) is 9.97 Å². The zero-order chi connectivity index (χ0) is 16.7. The van der Waals surface area contributed by atoms with Gasteiger partial charge in [-0.2, -0.15) is 0 Å². The number of nitrogens with zero attached hydrogens (tertiary/aromatic N) is 3. The van der Waals surface area contributed by atoms with Crippen LogP contribution in [0.25, 0.3) is 11.0 Å². The maximum absolute atomic E-state index is 13.5. The summed E-state index contributed by atoms with van der Waals surface area (Å²) in [6.45, 7) is 2.02. The maximum Gasteiger partial charge on any atom is 0.258 e. The van der Waals surface area contributed by atoms with Gasteiger partial charge in [0.05, 0.1) is 11.0 Å². The van der Waals surface area contributed by atoms with Crippen molar-refractivity contribution in [2.75, 3.05) is 4.90 Å². The molecule has 0 bridgehead atoms. The normalized spacial score (nSPS) is 16.9. The molecule has 2 heterocycles. The molecule has 1 unspecified atom stereocenters. The summed E-state index contributed by atoms with van der Waals surface area (Å²) in [5.74, 6) is -0.362. The van der Waals surface area contributed by atoms with E-state index in [1.54, 1.807) is 41.6 Å². The largest absolute Gasteiger partial charge is 0.305 e. The lowest BCUT2D eigenvalue weighted by Crippen LogP contribution is -2.42. The summed E-state index contributed by atoms with van der Waals surface area (Å²) in [6, 6.07) is 10.0. The third-order valence-corrected chi connectivity index (χ3v) is 4.51. The summed E-state index contributed by atoms with van der Waals surface area (Å²) in [6.07, 6.45) is 4.83. The Morgan fingerprint density at radius 3 is 2.75 bits per heavy atom. The molecule has 0 N–H and O–H groups in total. The van der Waals surface area contributed by atoms with Crippen molar-refractivity contribution in [3.8, 4) is 0 Å². The Morgan fingerprint density at radius 1 is 1.12 bits per heavy atom. The Labute approximate surface area is 139 Å². The highest BCUT2D eigenvalue weighted by molar-refractivity contribution is 6.08. The van der Waals surface area contributed by atoms with Crippen molar-refractivity contribution in [1.82, 2.24) is 9.97 Å². The molecule has 0 saturated carbocycles. The van der Waals surface area contributed by atoms with Gasteiger partial charge in [0.2, 0.25) is 0 Å². The van der Waals surface area contributed by atoms with Crippen molar-refractivity contribution in [2.24, 2.45) is 0 Å². The van der Waals surface area contributed by atoms with E-state index < -0.39 is 0 Å². The number of anilines is 1. The molecule has 0 aliphatic carbocycles. The van der Waals surface area contributed by atoms with Gasteiger partial charge in [0.25, 0.3) is 5.91 Å². The zero-order valence-corrected chi connectivity index (χ0v) is 13.2. The number of rotatable bonds is 1. The predicted molar refractivity (Wildman–Crippen MR) is 90.5 cm³/mol. The summed E-state index contributed by atoms with van der Waals surface area (Å²) in [4.78, 5) is 23.3. The lowest BCUT2D eigenvalue weighted by molar-refractivity contribution is 0.0975. The van der Waals surface area contributed by atoms with E-state index in [1.807, 2.05) is 6.92 Å².